The molecule has 7 heteroatoms. The van der Waals surface area contributed by atoms with E-state index in [4.69, 9.17) is 4.74 Å². The van der Waals surface area contributed by atoms with Crippen LogP contribution in [0.5, 0.6) is 0 Å². The zero-order valence-electron chi connectivity index (χ0n) is 13.2. The molecule has 4 nitrogen and oxygen atoms in total. The molecule has 1 heterocycles. The molecular formula is C16H21F3N2O2. The number of carbonyl (C=O) groups excluding carboxylic acids is 1. The Hall–Kier alpha value is -1.60. The quantitative estimate of drug-likeness (QED) is 0.923. The standard InChI is InChI=1S/C16H21F3N2O2/c1-12-4-3-5-13(10-12)20-14(22)11-21-8-6-15(23-2,7-9-21)16(17,18)19/h3-5,10H,6-9,11H2,1-2H3,(H,20,22). The molecule has 1 aliphatic rings. The second-order valence-corrected chi connectivity index (χ2v) is 5.89. The Morgan fingerprint density at radius 3 is 2.52 bits per heavy atom. The molecule has 1 aromatic rings. The van der Waals surface area contributed by atoms with E-state index in [1.165, 1.54) is 0 Å². The monoisotopic (exact) mass is 330 g/mol. The van der Waals surface area contributed by atoms with Crippen LogP contribution >= 0.6 is 0 Å². The number of aryl methyl sites for hydroxylation is 1. The van der Waals surface area contributed by atoms with Gasteiger partial charge in [0, 0.05) is 25.9 Å². The van der Waals surface area contributed by atoms with Crippen molar-refractivity contribution in [1.29, 1.82) is 0 Å². The molecule has 2 rings (SSSR count). The van der Waals surface area contributed by atoms with E-state index in [-0.39, 0.29) is 38.4 Å². The molecular weight excluding hydrogens is 309 g/mol. The van der Waals surface area contributed by atoms with Crippen molar-refractivity contribution in [2.45, 2.75) is 31.5 Å². The number of halogens is 3. The minimum absolute atomic E-state index is 0.0750. The fraction of sp³-hybridized carbons (Fsp3) is 0.562. The minimum atomic E-state index is -4.39. The Morgan fingerprint density at radius 1 is 1.35 bits per heavy atom. The summed E-state index contributed by atoms with van der Waals surface area (Å²) in [6.45, 7) is 2.34. The second-order valence-electron chi connectivity index (χ2n) is 5.89. The first-order chi connectivity index (χ1) is 10.8. The molecule has 1 aliphatic heterocycles. The van der Waals surface area contributed by atoms with E-state index >= 15 is 0 Å². The summed E-state index contributed by atoms with van der Waals surface area (Å²) in [7, 11) is 1.09. The summed E-state index contributed by atoms with van der Waals surface area (Å²) < 4.78 is 44.0. The fourth-order valence-electron chi connectivity index (χ4n) is 2.80. The van der Waals surface area contributed by atoms with E-state index in [1.807, 2.05) is 25.1 Å². The number of hydrogen-bond acceptors (Lipinski definition) is 3. The number of anilines is 1. The van der Waals surface area contributed by atoms with Gasteiger partial charge >= 0.3 is 6.18 Å². The Kier molecular flexibility index (Phi) is 5.31. The maximum Gasteiger partial charge on any atom is 0.417 e. The van der Waals surface area contributed by atoms with E-state index in [1.54, 1.807) is 11.0 Å². The SMILES string of the molecule is COC1(C(F)(F)F)CCN(CC(=O)Nc2cccc(C)c2)CC1. The van der Waals surface area contributed by atoms with E-state index < -0.39 is 11.8 Å². The summed E-state index contributed by atoms with van der Waals surface area (Å²) >= 11 is 0. The van der Waals surface area contributed by atoms with Gasteiger partial charge in [0.15, 0.2) is 5.60 Å². The molecule has 1 saturated heterocycles. The molecule has 1 fully saturated rings. The van der Waals surface area contributed by atoms with Gasteiger partial charge in [0.2, 0.25) is 5.91 Å². The van der Waals surface area contributed by atoms with Crippen LogP contribution in [0.25, 0.3) is 0 Å². The summed E-state index contributed by atoms with van der Waals surface area (Å²) in [5, 5.41) is 2.76. The van der Waals surface area contributed by atoms with Gasteiger partial charge in [-0.3, -0.25) is 9.69 Å². The number of rotatable bonds is 4. The van der Waals surface area contributed by atoms with Crippen LogP contribution < -0.4 is 5.32 Å². The molecule has 0 unspecified atom stereocenters. The number of carbonyl (C=O) groups is 1. The lowest BCUT2D eigenvalue weighted by Gasteiger charge is -2.41. The Balaban J connectivity index is 1.88. The van der Waals surface area contributed by atoms with E-state index in [0.717, 1.165) is 12.7 Å². The van der Waals surface area contributed by atoms with Crippen molar-refractivity contribution in [3.63, 3.8) is 0 Å². The lowest BCUT2D eigenvalue weighted by atomic mass is 9.90. The van der Waals surface area contributed by atoms with Crippen LogP contribution in [0.2, 0.25) is 0 Å². The third-order valence-electron chi connectivity index (χ3n) is 4.24. The van der Waals surface area contributed by atoms with Gasteiger partial charge in [0.1, 0.15) is 0 Å². The van der Waals surface area contributed by atoms with Gasteiger partial charge in [0.05, 0.1) is 6.54 Å². The molecule has 1 aromatic carbocycles. The number of nitrogens with one attached hydrogen (secondary N) is 1. The molecule has 0 saturated carbocycles. The predicted octanol–water partition coefficient (Wildman–Crippen LogP) is 2.98. The van der Waals surface area contributed by atoms with Crippen molar-refractivity contribution in [3.05, 3.63) is 29.8 Å². The zero-order chi connectivity index (χ0) is 17.1. The summed E-state index contributed by atoms with van der Waals surface area (Å²) in [5.74, 6) is -0.229. The molecule has 0 atom stereocenters. The molecule has 128 valence electrons. The molecule has 0 spiro atoms. The van der Waals surface area contributed by atoms with Crippen LogP contribution in [0.3, 0.4) is 0 Å². The van der Waals surface area contributed by atoms with Crippen LogP contribution in [-0.4, -0.2) is 49.3 Å². The maximum absolute atomic E-state index is 13.1. The molecule has 0 radical (unpaired) electrons. The normalized spacial score (nSPS) is 18.7. The van der Waals surface area contributed by atoms with E-state index in [9.17, 15) is 18.0 Å². The third kappa shape index (κ3) is 4.23. The van der Waals surface area contributed by atoms with Crippen LogP contribution in [0, 0.1) is 6.92 Å². The zero-order valence-corrected chi connectivity index (χ0v) is 13.2. The molecule has 0 bridgehead atoms. The highest BCUT2D eigenvalue weighted by atomic mass is 19.4. The first kappa shape index (κ1) is 17.7. The molecule has 0 aliphatic carbocycles. The number of alkyl halides is 3. The average molecular weight is 330 g/mol. The first-order valence-electron chi connectivity index (χ1n) is 7.46. The number of piperidine rings is 1. The Labute approximate surface area is 133 Å². The van der Waals surface area contributed by atoms with Crippen molar-refractivity contribution < 1.29 is 22.7 Å². The number of ether oxygens (including phenoxy) is 1. The van der Waals surface area contributed by atoms with Crippen LogP contribution in [0.1, 0.15) is 18.4 Å². The highest BCUT2D eigenvalue weighted by molar-refractivity contribution is 5.92. The Bertz CT molecular complexity index is 553. The number of benzene rings is 1. The largest absolute Gasteiger partial charge is 0.417 e. The number of amides is 1. The van der Waals surface area contributed by atoms with Gasteiger partial charge < -0.3 is 10.1 Å². The summed E-state index contributed by atoms with van der Waals surface area (Å²) in [6, 6.07) is 7.37. The number of likely N-dealkylation sites (tertiary alicyclic amines) is 1. The van der Waals surface area contributed by atoms with Gasteiger partial charge in [0.25, 0.3) is 0 Å². The van der Waals surface area contributed by atoms with Gasteiger partial charge in [-0.2, -0.15) is 13.2 Å². The number of methoxy groups -OCH3 is 1. The fourth-order valence-corrected chi connectivity index (χ4v) is 2.80. The lowest BCUT2D eigenvalue weighted by Crippen LogP contribution is -2.55. The maximum atomic E-state index is 13.1. The van der Waals surface area contributed by atoms with Crippen LogP contribution in [-0.2, 0) is 9.53 Å². The smallest absolute Gasteiger partial charge is 0.369 e. The van der Waals surface area contributed by atoms with Crippen molar-refractivity contribution >= 4 is 11.6 Å². The minimum Gasteiger partial charge on any atom is -0.369 e. The van der Waals surface area contributed by atoms with Crippen molar-refractivity contribution in [2.75, 3.05) is 32.1 Å². The lowest BCUT2D eigenvalue weighted by molar-refractivity contribution is -0.282. The number of hydrogen-bond donors (Lipinski definition) is 1. The van der Waals surface area contributed by atoms with Crippen LogP contribution in [0.15, 0.2) is 24.3 Å². The van der Waals surface area contributed by atoms with E-state index in [0.29, 0.717) is 5.69 Å². The predicted molar refractivity (Wildman–Crippen MR) is 81.3 cm³/mol. The van der Waals surface area contributed by atoms with Crippen molar-refractivity contribution in [1.82, 2.24) is 4.90 Å². The molecule has 1 N–H and O–H groups in total. The highest BCUT2D eigenvalue weighted by Crippen LogP contribution is 2.41. The third-order valence-corrected chi connectivity index (χ3v) is 4.24. The summed E-state index contributed by atoms with van der Waals surface area (Å²) in [6.07, 6.45) is -4.72. The van der Waals surface area contributed by atoms with Gasteiger partial charge in [-0.05, 0) is 37.5 Å². The summed E-state index contributed by atoms with van der Waals surface area (Å²) in [4.78, 5) is 13.7. The summed E-state index contributed by atoms with van der Waals surface area (Å²) in [5.41, 5.74) is -0.374. The van der Waals surface area contributed by atoms with E-state index in [2.05, 4.69) is 5.32 Å². The van der Waals surface area contributed by atoms with Crippen LogP contribution in [0.4, 0.5) is 18.9 Å². The Morgan fingerprint density at radius 2 is 2.00 bits per heavy atom. The highest BCUT2D eigenvalue weighted by Gasteiger charge is 2.56. The molecule has 1 amide bonds. The first-order valence-corrected chi connectivity index (χ1v) is 7.46. The van der Waals surface area contributed by atoms with Gasteiger partial charge in [-0.15, -0.1) is 0 Å². The van der Waals surface area contributed by atoms with Gasteiger partial charge in [-0.25, -0.2) is 0 Å². The van der Waals surface area contributed by atoms with Crippen molar-refractivity contribution in [2.24, 2.45) is 0 Å². The second kappa shape index (κ2) is 6.88. The average Bonchev–Trinajstić information content (AvgIpc) is 2.47. The van der Waals surface area contributed by atoms with Crippen molar-refractivity contribution in [3.8, 4) is 0 Å². The topological polar surface area (TPSA) is 41.6 Å². The number of nitrogens with zero attached hydrogens (tertiary/aromatic N) is 1. The van der Waals surface area contributed by atoms with Gasteiger partial charge in [-0.1, -0.05) is 12.1 Å². The molecule has 23 heavy (non-hydrogen) atoms. The molecule has 0 aromatic heterocycles.